The van der Waals surface area contributed by atoms with Crippen LogP contribution in [0.2, 0.25) is 0 Å². The molecule has 102 valence electrons. The van der Waals surface area contributed by atoms with Crippen LogP contribution < -0.4 is 10.6 Å². The first-order chi connectivity index (χ1) is 9.00. The summed E-state index contributed by atoms with van der Waals surface area (Å²) in [5.41, 5.74) is 7.05. The molecule has 3 N–H and O–H groups in total. The maximum atomic E-state index is 11.4. The zero-order valence-electron chi connectivity index (χ0n) is 10.6. The lowest BCUT2D eigenvalue weighted by Crippen LogP contribution is -2.52. The van der Waals surface area contributed by atoms with Crippen LogP contribution in [0.25, 0.3) is 0 Å². The minimum absolute atomic E-state index is 0.257. The van der Waals surface area contributed by atoms with Crippen molar-refractivity contribution in [2.75, 3.05) is 24.7 Å². The zero-order chi connectivity index (χ0) is 14.0. The summed E-state index contributed by atoms with van der Waals surface area (Å²) < 4.78 is 5.25. The van der Waals surface area contributed by atoms with E-state index in [1.807, 2.05) is 4.90 Å². The molecule has 0 bridgehead atoms. The van der Waals surface area contributed by atoms with E-state index in [9.17, 15) is 9.59 Å². The van der Waals surface area contributed by atoms with Crippen LogP contribution in [0.3, 0.4) is 0 Å². The van der Waals surface area contributed by atoms with Crippen LogP contribution in [0, 0.1) is 6.92 Å². The van der Waals surface area contributed by atoms with Gasteiger partial charge in [0.25, 0.3) is 0 Å². The second-order valence-electron chi connectivity index (χ2n) is 4.49. The number of anilines is 1. The number of aryl methyl sites for hydroxylation is 1. The summed E-state index contributed by atoms with van der Waals surface area (Å²) in [5.74, 6) is -1.41. The van der Waals surface area contributed by atoms with Gasteiger partial charge in [-0.1, -0.05) is 0 Å². The van der Waals surface area contributed by atoms with Gasteiger partial charge in [-0.3, -0.25) is 4.79 Å². The van der Waals surface area contributed by atoms with Gasteiger partial charge in [-0.25, -0.2) is 4.79 Å². The number of nitrogens with zero attached hydrogens (tertiary/aromatic N) is 1. The molecule has 1 saturated heterocycles. The number of rotatable bonds is 3. The molecule has 0 spiro atoms. The van der Waals surface area contributed by atoms with E-state index in [0.29, 0.717) is 18.7 Å². The Labute approximate surface area is 110 Å². The summed E-state index contributed by atoms with van der Waals surface area (Å²) in [4.78, 5) is 24.2. The average Bonchev–Trinajstić information content (AvgIpc) is 2.38. The van der Waals surface area contributed by atoms with Gasteiger partial charge in [0.15, 0.2) is 0 Å². The number of benzene rings is 1. The number of nitrogens with two attached hydrogens (primary N) is 1. The number of carbonyl (C=O) groups excluding carboxylic acids is 1. The molecule has 0 radical (unpaired) electrons. The SMILES string of the molecule is Cc1cc(N2CCOCC2C(N)=O)ccc1C(=O)O. The van der Waals surface area contributed by atoms with Gasteiger partial charge in [0.2, 0.25) is 5.91 Å². The van der Waals surface area contributed by atoms with Gasteiger partial charge in [0, 0.05) is 12.2 Å². The molecule has 1 aromatic rings. The number of ether oxygens (including phenoxy) is 1. The van der Waals surface area contributed by atoms with Crippen molar-refractivity contribution in [3.63, 3.8) is 0 Å². The number of carboxylic acid groups (broad SMARTS) is 1. The number of hydrogen-bond donors (Lipinski definition) is 2. The summed E-state index contributed by atoms with van der Waals surface area (Å²) in [5, 5.41) is 9.00. The lowest BCUT2D eigenvalue weighted by Gasteiger charge is -2.35. The number of carboxylic acids is 1. The van der Waals surface area contributed by atoms with Crippen LogP contribution in [0.5, 0.6) is 0 Å². The molecule has 0 saturated carbocycles. The van der Waals surface area contributed by atoms with Crippen molar-refractivity contribution in [2.24, 2.45) is 5.73 Å². The first kappa shape index (κ1) is 13.4. The van der Waals surface area contributed by atoms with Gasteiger partial charge in [0.05, 0.1) is 18.8 Å². The van der Waals surface area contributed by atoms with Crippen LogP contribution in [-0.4, -0.2) is 42.8 Å². The van der Waals surface area contributed by atoms with E-state index < -0.39 is 17.9 Å². The summed E-state index contributed by atoms with van der Waals surface area (Å²) in [7, 11) is 0. The zero-order valence-corrected chi connectivity index (χ0v) is 10.6. The molecule has 1 aliphatic heterocycles. The van der Waals surface area contributed by atoms with Crippen molar-refractivity contribution in [3.05, 3.63) is 29.3 Å². The van der Waals surface area contributed by atoms with Crippen molar-refractivity contribution in [1.82, 2.24) is 0 Å². The van der Waals surface area contributed by atoms with E-state index in [1.54, 1.807) is 25.1 Å². The van der Waals surface area contributed by atoms with Crippen LogP contribution in [-0.2, 0) is 9.53 Å². The van der Waals surface area contributed by atoms with Gasteiger partial charge >= 0.3 is 5.97 Å². The molecule has 19 heavy (non-hydrogen) atoms. The highest BCUT2D eigenvalue weighted by atomic mass is 16.5. The van der Waals surface area contributed by atoms with Crippen molar-refractivity contribution in [2.45, 2.75) is 13.0 Å². The Balaban J connectivity index is 2.32. The quantitative estimate of drug-likeness (QED) is 0.823. The highest BCUT2D eigenvalue weighted by molar-refractivity contribution is 5.90. The predicted molar refractivity (Wildman–Crippen MR) is 69.3 cm³/mol. The third kappa shape index (κ3) is 2.68. The van der Waals surface area contributed by atoms with E-state index in [-0.39, 0.29) is 12.2 Å². The number of carbonyl (C=O) groups is 2. The molecule has 0 aliphatic carbocycles. The van der Waals surface area contributed by atoms with Gasteiger partial charge < -0.3 is 20.5 Å². The maximum absolute atomic E-state index is 11.4. The minimum atomic E-state index is -0.961. The summed E-state index contributed by atoms with van der Waals surface area (Å²) in [6.07, 6.45) is 0. The molecular formula is C13H16N2O4. The van der Waals surface area contributed by atoms with E-state index >= 15 is 0 Å². The highest BCUT2D eigenvalue weighted by Gasteiger charge is 2.28. The van der Waals surface area contributed by atoms with Crippen molar-refractivity contribution >= 4 is 17.6 Å². The topological polar surface area (TPSA) is 92.9 Å². The monoisotopic (exact) mass is 264 g/mol. The van der Waals surface area contributed by atoms with Gasteiger partial charge in [0.1, 0.15) is 6.04 Å². The second-order valence-corrected chi connectivity index (χ2v) is 4.49. The molecule has 6 heteroatoms. The molecule has 1 aromatic carbocycles. The number of aromatic carboxylic acids is 1. The molecule has 2 rings (SSSR count). The van der Waals surface area contributed by atoms with Gasteiger partial charge in [-0.15, -0.1) is 0 Å². The normalized spacial score (nSPS) is 19.2. The first-order valence-corrected chi connectivity index (χ1v) is 5.98. The van der Waals surface area contributed by atoms with Crippen LogP contribution in [0.4, 0.5) is 5.69 Å². The number of amides is 1. The number of primary amides is 1. The smallest absolute Gasteiger partial charge is 0.335 e. The standard InChI is InChI=1S/C13H16N2O4/c1-8-6-9(2-3-10(8)13(17)18)15-4-5-19-7-11(15)12(14)16/h2-3,6,11H,4-5,7H2,1H3,(H2,14,16)(H,17,18). The molecule has 0 aromatic heterocycles. The molecule has 6 nitrogen and oxygen atoms in total. The average molecular weight is 264 g/mol. The second kappa shape index (κ2) is 5.27. The van der Waals surface area contributed by atoms with E-state index in [2.05, 4.69) is 0 Å². The fourth-order valence-electron chi connectivity index (χ4n) is 2.21. The highest BCUT2D eigenvalue weighted by Crippen LogP contribution is 2.23. The first-order valence-electron chi connectivity index (χ1n) is 5.98. The molecule has 1 fully saturated rings. The van der Waals surface area contributed by atoms with Gasteiger partial charge in [-0.05, 0) is 30.7 Å². The molecular weight excluding hydrogens is 248 g/mol. The maximum Gasteiger partial charge on any atom is 0.335 e. The summed E-state index contributed by atoms with van der Waals surface area (Å²) in [6.45, 7) is 3.06. The Kier molecular flexibility index (Phi) is 3.71. The third-order valence-electron chi connectivity index (χ3n) is 3.23. The predicted octanol–water partition coefficient (Wildman–Crippen LogP) is 0.384. The molecule has 1 amide bonds. The molecule has 1 heterocycles. The van der Waals surface area contributed by atoms with E-state index in [4.69, 9.17) is 15.6 Å². The Hall–Kier alpha value is -2.08. The minimum Gasteiger partial charge on any atom is -0.478 e. The largest absolute Gasteiger partial charge is 0.478 e. The van der Waals surface area contributed by atoms with Crippen LogP contribution in [0.15, 0.2) is 18.2 Å². The Morgan fingerprint density at radius 3 is 2.79 bits per heavy atom. The Morgan fingerprint density at radius 1 is 1.47 bits per heavy atom. The summed E-state index contributed by atoms with van der Waals surface area (Å²) >= 11 is 0. The summed E-state index contributed by atoms with van der Waals surface area (Å²) in [6, 6.07) is 4.48. The van der Waals surface area contributed by atoms with Crippen LogP contribution in [0.1, 0.15) is 15.9 Å². The molecule has 1 atom stereocenters. The van der Waals surface area contributed by atoms with Crippen LogP contribution >= 0.6 is 0 Å². The van der Waals surface area contributed by atoms with E-state index in [0.717, 1.165) is 5.69 Å². The van der Waals surface area contributed by atoms with Gasteiger partial charge in [-0.2, -0.15) is 0 Å². The number of morpholine rings is 1. The Morgan fingerprint density at radius 2 is 2.21 bits per heavy atom. The lowest BCUT2D eigenvalue weighted by atomic mass is 10.1. The number of hydrogen-bond acceptors (Lipinski definition) is 4. The van der Waals surface area contributed by atoms with Crippen molar-refractivity contribution in [3.8, 4) is 0 Å². The fraction of sp³-hybridized carbons (Fsp3) is 0.385. The molecule has 1 aliphatic rings. The third-order valence-corrected chi connectivity index (χ3v) is 3.23. The van der Waals surface area contributed by atoms with Crippen molar-refractivity contribution in [1.29, 1.82) is 0 Å². The van der Waals surface area contributed by atoms with Crippen molar-refractivity contribution < 1.29 is 19.4 Å². The van der Waals surface area contributed by atoms with E-state index in [1.165, 1.54) is 0 Å². The Bertz CT molecular complexity index is 515. The fourth-order valence-corrected chi connectivity index (χ4v) is 2.21. The lowest BCUT2D eigenvalue weighted by molar-refractivity contribution is -0.121. The molecule has 1 unspecified atom stereocenters.